The van der Waals surface area contributed by atoms with E-state index in [2.05, 4.69) is 15.9 Å². The number of rotatable bonds is 6. The van der Waals surface area contributed by atoms with Crippen molar-refractivity contribution in [1.82, 2.24) is 0 Å². The van der Waals surface area contributed by atoms with Gasteiger partial charge in [0.25, 0.3) is 5.91 Å². The largest absolute Gasteiger partial charge is 0.502 e. The molecule has 0 heterocycles. The predicted molar refractivity (Wildman–Crippen MR) is 68.9 cm³/mol. The first kappa shape index (κ1) is 13.6. The average Bonchev–Trinajstić information content (AvgIpc) is 2.34. The van der Waals surface area contributed by atoms with Crippen molar-refractivity contribution in [3.05, 3.63) is 40.6 Å². The van der Waals surface area contributed by atoms with Crippen LogP contribution in [0.3, 0.4) is 0 Å². The first-order chi connectivity index (χ1) is 8.11. The van der Waals surface area contributed by atoms with Gasteiger partial charge in [-0.1, -0.05) is 34.1 Å². The number of para-hydroxylation sites is 1. The van der Waals surface area contributed by atoms with E-state index in [4.69, 9.17) is 10.5 Å². The molecule has 1 aromatic carbocycles. The van der Waals surface area contributed by atoms with Gasteiger partial charge in [-0.05, 0) is 25.0 Å². The van der Waals surface area contributed by atoms with Gasteiger partial charge in [0.05, 0.1) is 6.61 Å². The highest BCUT2D eigenvalue weighted by molar-refractivity contribution is 9.11. The van der Waals surface area contributed by atoms with Gasteiger partial charge in [-0.25, -0.2) is 0 Å². The Balaban J connectivity index is 2.30. The highest BCUT2D eigenvalue weighted by atomic mass is 79.9. The van der Waals surface area contributed by atoms with Crippen LogP contribution in [0.2, 0.25) is 0 Å². The minimum atomic E-state index is -0.833. The van der Waals surface area contributed by atoms with Crippen LogP contribution in [0.25, 0.3) is 0 Å². The molecule has 0 unspecified atom stereocenters. The van der Waals surface area contributed by atoms with Crippen LogP contribution in [0.4, 0.5) is 0 Å². The molecule has 92 valence electrons. The third kappa shape index (κ3) is 4.91. The van der Waals surface area contributed by atoms with E-state index in [0.29, 0.717) is 23.9 Å². The van der Waals surface area contributed by atoms with Crippen LogP contribution >= 0.6 is 15.9 Å². The number of primary amides is 1. The zero-order valence-electron chi connectivity index (χ0n) is 9.23. The van der Waals surface area contributed by atoms with Crippen LogP contribution in [0, 0.1) is 0 Å². The molecule has 0 aliphatic carbocycles. The number of carbonyl (C=O) groups is 1. The lowest BCUT2D eigenvalue weighted by atomic mass is 10.3. The zero-order chi connectivity index (χ0) is 12.7. The fourth-order valence-electron chi connectivity index (χ4n) is 1.19. The summed E-state index contributed by atoms with van der Waals surface area (Å²) < 4.78 is 5.86. The maximum absolute atomic E-state index is 10.6. The molecule has 0 fully saturated rings. The summed E-state index contributed by atoms with van der Waals surface area (Å²) in [6.07, 6.45) is 1.18. The minimum absolute atomic E-state index is 0.404. The molecule has 5 heteroatoms. The molecule has 0 aliphatic rings. The molecule has 1 aromatic rings. The number of amides is 1. The molecule has 4 nitrogen and oxygen atoms in total. The van der Waals surface area contributed by atoms with Gasteiger partial charge in [0.15, 0.2) is 5.76 Å². The van der Waals surface area contributed by atoms with Crippen molar-refractivity contribution in [1.29, 1.82) is 0 Å². The van der Waals surface area contributed by atoms with Crippen molar-refractivity contribution < 1.29 is 14.6 Å². The smallest absolute Gasteiger partial charge is 0.284 e. The van der Waals surface area contributed by atoms with Crippen LogP contribution in [0.1, 0.15) is 12.8 Å². The number of aliphatic hydroxyl groups excluding tert-OH is 1. The number of ether oxygens (including phenoxy) is 1. The third-order valence-electron chi connectivity index (χ3n) is 2.04. The standard InChI is InChI=1S/C12H14BrNO3/c13-10(11(15)12(14)16)7-4-8-17-9-5-2-1-3-6-9/h1-3,5-6,15H,4,7-8H2,(H2,14,16). The number of hydrogen-bond donors (Lipinski definition) is 2. The Bertz CT molecular complexity index is 403. The molecular weight excluding hydrogens is 286 g/mol. The topological polar surface area (TPSA) is 72.6 Å². The van der Waals surface area contributed by atoms with Crippen LogP contribution in [-0.4, -0.2) is 17.6 Å². The third-order valence-corrected chi connectivity index (χ3v) is 2.81. The highest BCUT2D eigenvalue weighted by Crippen LogP contribution is 2.17. The molecule has 0 radical (unpaired) electrons. The van der Waals surface area contributed by atoms with Gasteiger partial charge in [-0.2, -0.15) is 0 Å². The first-order valence-electron chi connectivity index (χ1n) is 5.16. The summed E-state index contributed by atoms with van der Waals surface area (Å²) in [6.45, 7) is 0.505. The molecule has 3 N–H and O–H groups in total. The molecular formula is C12H14BrNO3. The molecule has 0 aliphatic heterocycles. The normalized spacial score (nSPS) is 11.8. The van der Waals surface area contributed by atoms with E-state index < -0.39 is 11.7 Å². The Morgan fingerprint density at radius 2 is 2.00 bits per heavy atom. The molecule has 0 saturated heterocycles. The monoisotopic (exact) mass is 299 g/mol. The van der Waals surface area contributed by atoms with Gasteiger partial charge in [0.2, 0.25) is 0 Å². The summed E-state index contributed by atoms with van der Waals surface area (Å²) in [4.78, 5) is 10.6. The van der Waals surface area contributed by atoms with Crippen molar-refractivity contribution in [3.8, 4) is 5.75 Å². The molecule has 0 spiro atoms. The summed E-state index contributed by atoms with van der Waals surface area (Å²) in [5, 5.41) is 9.23. The van der Waals surface area contributed by atoms with Gasteiger partial charge in [0, 0.05) is 4.48 Å². The number of nitrogens with two attached hydrogens (primary N) is 1. The second-order valence-corrected chi connectivity index (χ2v) is 4.34. The van der Waals surface area contributed by atoms with E-state index in [1.165, 1.54) is 0 Å². The van der Waals surface area contributed by atoms with Crippen molar-refractivity contribution in [3.63, 3.8) is 0 Å². The predicted octanol–water partition coefficient (Wildman–Crippen LogP) is 2.50. The second-order valence-electron chi connectivity index (χ2n) is 3.38. The van der Waals surface area contributed by atoms with Crippen molar-refractivity contribution in [2.75, 3.05) is 6.61 Å². The minimum Gasteiger partial charge on any atom is -0.502 e. The Morgan fingerprint density at radius 3 is 2.59 bits per heavy atom. The maximum atomic E-state index is 10.6. The Morgan fingerprint density at radius 1 is 1.35 bits per heavy atom. The molecule has 1 amide bonds. The number of halogens is 1. The summed E-state index contributed by atoms with van der Waals surface area (Å²) in [5.41, 5.74) is 4.92. The number of hydrogen-bond acceptors (Lipinski definition) is 3. The molecule has 17 heavy (non-hydrogen) atoms. The van der Waals surface area contributed by atoms with Gasteiger partial charge >= 0.3 is 0 Å². The van der Waals surface area contributed by atoms with E-state index in [0.717, 1.165) is 5.75 Å². The van der Waals surface area contributed by atoms with Crippen molar-refractivity contribution >= 4 is 21.8 Å². The van der Waals surface area contributed by atoms with E-state index >= 15 is 0 Å². The summed E-state index contributed by atoms with van der Waals surface area (Å²) >= 11 is 3.10. The fourth-order valence-corrected chi connectivity index (χ4v) is 1.66. The zero-order valence-corrected chi connectivity index (χ0v) is 10.8. The molecule has 0 saturated carbocycles. The van der Waals surface area contributed by atoms with Crippen LogP contribution < -0.4 is 10.5 Å². The number of allylic oxidation sites excluding steroid dienone is 1. The quantitative estimate of drug-likeness (QED) is 0.481. The SMILES string of the molecule is NC(=O)C(O)=C(Br)CCCOc1ccccc1. The van der Waals surface area contributed by atoms with Crippen molar-refractivity contribution in [2.45, 2.75) is 12.8 Å². The van der Waals surface area contributed by atoms with Crippen LogP contribution in [-0.2, 0) is 4.79 Å². The second kappa shape index (κ2) is 6.96. The van der Waals surface area contributed by atoms with Gasteiger partial charge in [-0.3, -0.25) is 4.79 Å². The lowest BCUT2D eigenvalue weighted by Crippen LogP contribution is -2.14. The Labute approximate surface area is 108 Å². The first-order valence-corrected chi connectivity index (χ1v) is 5.96. The average molecular weight is 300 g/mol. The lowest BCUT2D eigenvalue weighted by molar-refractivity contribution is -0.117. The lowest BCUT2D eigenvalue weighted by Gasteiger charge is -2.05. The summed E-state index contributed by atoms with van der Waals surface area (Å²) in [6, 6.07) is 9.43. The molecule has 0 aromatic heterocycles. The number of aliphatic hydroxyl groups is 1. The Kier molecular flexibility index (Phi) is 5.56. The van der Waals surface area contributed by atoms with E-state index in [1.54, 1.807) is 0 Å². The summed E-state index contributed by atoms with van der Waals surface area (Å²) in [7, 11) is 0. The van der Waals surface area contributed by atoms with Gasteiger partial charge in [0.1, 0.15) is 5.75 Å². The fraction of sp³-hybridized carbons (Fsp3) is 0.250. The van der Waals surface area contributed by atoms with E-state index in [9.17, 15) is 9.90 Å². The van der Waals surface area contributed by atoms with Gasteiger partial charge in [-0.15, -0.1) is 0 Å². The Hall–Kier alpha value is -1.49. The van der Waals surface area contributed by atoms with E-state index in [1.807, 2.05) is 30.3 Å². The molecule has 0 atom stereocenters. The number of carbonyl (C=O) groups excluding carboxylic acids is 1. The molecule has 1 rings (SSSR count). The molecule has 0 bridgehead atoms. The maximum Gasteiger partial charge on any atom is 0.284 e. The summed E-state index contributed by atoms with van der Waals surface area (Å²) in [5.74, 6) is -0.461. The highest BCUT2D eigenvalue weighted by Gasteiger charge is 2.07. The van der Waals surface area contributed by atoms with Crippen LogP contribution in [0.15, 0.2) is 40.6 Å². The van der Waals surface area contributed by atoms with Gasteiger partial charge < -0.3 is 15.6 Å². The van der Waals surface area contributed by atoms with E-state index in [-0.39, 0.29) is 0 Å². The van der Waals surface area contributed by atoms with Crippen LogP contribution in [0.5, 0.6) is 5.75 Å². The van der Waals surface area contributed by atoms with Crippen molar-refractivity contribution in [2.24, 2.45) is 5.73 Å². The number of benzene rings is 1.